The van der Waals surface area contributed by atoms with Crippen LogP contribution in [0.4, 0.5) is 20.2 Å². The largest absolute Gasteiger partial charge is 0.493 e. The molecule has 15 heteroatoms. The molecular weight excluding hydrogens is 714 g/mol. The highest BCUT2D eigenvalue weighted by Crippen LogP contribution is 2.30. The van der Waals surface area contributed by atoms with Crippen molar-refractivity contribution >= 4 is 40.6 Å². The third kappa shape index (κ3) is 11.2. The van der Waals surface area contributed by atoms with Gasteiger partial charge in [0.2, 0.25) is 11.8 Å². The van der Waals surface area contributed by atoms with E-state index in [0.29, 0.717) is 65.8 Å². The molecule has 4 N–H and O–H groups in total. The van der Waals surface area contributed by atoms with Gasteiger partial charge in [0, 0.05) is 63.0 Å². The minimum absolute atomic E-state index is 0.0342. The molecule has 4 saturated heterocycles. The van der Waals surface area contributed by atoms with Crippen LogP contribution in [0.2, 0.25) is 0 Å². The number of aromatic amines is 1. The molecule has 55 heavy (non-hydrogen) atoms. The number of amides is 2. The average molecular weight is 769 g/mol. The van der Waals surface area contributed by atoms with Crippen LogP contribution in [0.25, 0.3) is 10.9 Å². The molecule has 3 aromatic rings. The predicted octanol–water partition coefficient (Wildman–Crippen LogP) is 5.26. The standard InChI is InChI=1S/C37H46F2N6O5.C2H6.CH2O2/c38-28-19-25(40-30-3-6-34(46)43-36(30)47)2-4-32(28)45-15-9-26(10-16-45)44-13-7-24(8-14-44)22-50-27-20-29(39)35-31(21-27)41-33(42-37(35)48)5-1-23-11-17-49-18-12-23;1-2;2-1-3/h2,4,19-21,23-24,26,30,40H,1,3,5-18,22H2,(H,41,42,48)(H,43,46,47);1-2H3;1H,(H,2,3). The number of carboxylic acid groups (broad SMARTS) is 1. The van der Waals surface area contributed by atoms with Crippen LogP contribution in [0.3, 0.4) is 0 Å². The van der Waals surface area contributed by atoms with Gasteiger partial charge in [-0.25, -0.2) is 13.8 Å². The van der Waals surface area contributed by atoms with Crippen molar-refractivity contribution in [1.29, 1.82) is 0 Å². The summed E-state index contributed by atoms with van der Waals surface area (Å²) in [6, 6.07) is 7.82. The van der Waals surface area contributed by atoms with Gasteiger partial charge in [0.25, 0.3) is 12.0 Å². The van der Waals surface area contributed by atoms with Crippen LogP contribution in [-0.2, 0) is 25.5 Å². The molecule has 1 atom stereocenters. The number of likely N-dealkylation sites (tertiary alicyclic amines) is 1. The van der Waals surface area contributed by atoms with Crippen molar-refractivity contribution in [2.45, 2.75) is 90.1 Å². The number of ether oxygens (including phenoxy) is 2. The first-order chi connectivity index (χ1) is 26.7. The van der Waals surface area contributed by atoms with Crippen molar-refractivity contribution in [2.24, 2.45) is 11.8 Å². The van der Waals surface area contributed by atoms with Crippen molar-refractivity contribution in [1.82, 2.24) is 20.2 Å². The summed E-state index contributed by atoms with van der Waals surface area (Å²) in [5, 5.41) is 12.2. The van der Waals surface area contributed by atoms with Gasteiger partial charge < -0.3 is 34.7 Å². The molecule has 1 aromatic heterocycles. The Bertz CT molecular complexity index is 1800. The fraction of sp³-hybridized carbons (Fsp3) is 0.575. The highest BCUT2D eigenvalue weighted by atomic mass is 19.1. The van der Waals surface area contributed by atoms with E-state index in [-0.39, 0.29) is 35.9 Å². The van der Waals surface area contributed by atoms with E-state index in [1.54, 1.807) is 18.2 Å². The number of rotatable bonds is 10. The number of benzene rings is 2. The number of carbonyl (C=O) groups is 3. The molecule has 0 saturated carbocycles. The second-order valence-corrected chi connectivity index (χ2v) is 14.3. The zero-order valence-electron chi connectivity index (χ0n) is 31.8. The number of H-pyrrole nitrogens is 1. The number of halogens is 2. The number of anilines is 2. The smallest absolute Gasteiger partial charge is 0.290 e. The Hall–Kier alpha value is -4.63. The summed E-state index contributed by atoms with van der Waals surface area (Å²) in [7, 11) is 0. The molecule has 4 fully saturated rings. The van der Waals surface area contributed by atoms with Crippen molar-refractivity contribution in [3.63, 3.8) is 0 Å². The Kier molecular flexibility index (Phi) is 15.4. The van der Waals surface area contributed by atoms with Crippen LogP contribution in [0.1, 0.15) is 77.5 Å². The lowest BCUT2D eigenvalue weighted by atomic mass is 9.94. The van der Waals surface area contributed by atoms with Crippen LogP contribution in [0, 0.1) is 23.5 Å². The first-order valence-electron chi connectivity index (χ1n) is 19.6. The zero-order valence-corrected chi connectivity index (χ0v) is 31.8. The number of nitrogens with one attached hydrogen (secondary N) is 3. The van der Waals surface area contributed by atoms with Crippen molar-refractivity contribution in [2.75, 3.05) is 56.2 Å². The van der Waals surface area contributed by atoms with E-state index in [0.717, 1.165) is 84.3 Å². The molecule has 7 rings (SSSR count). The maximum absolute atomic E-state index is 15.2. The van der Waals surface area contributed by atoms with E-state index in [4.69, 9.17) is 19.4 Å². The molecule has 0 spiro atoms. The van der Waals surface area contributed by atoms with Gasteiger partial charge in [-0.1, -0.05) is 13.8 Å². The number of aryl methyl sites for hydroxylation is 1. The Labute approximate surface area is 320 Å². The van der Waals surface area contributed by atoms with Crippen LogP contribution < -0.4 is 25.8 Å². The molecule has 2 aromatic carbocycles. The Morgan fingerprint density at radius 3 is 2.33 bits per heavy atom. The van der Waals surface area contributed by atoms with Gasteiger partial charge in [0.1, 0.15) is 34.6 Å². The van der Waals surface area contributed by atoms with Gasteiger partial charge in [0.15, 0.2) is 0 Å². The van der Waals surface area contributed by atoms with E-state index < -0.39 is 17.4 Å². The number of hydrogen-bond donors (Lipinski definition) is 4. The van der Waals surface area contributed by atoms with Gasteiger partial charge in [-0.3, -0.25) is 24.5 Å². The molecule has 13 nitrogen and oxygen atoms in total. The first-order valence-corrected chi connectivity index (χ1v) is 19.6. The topological polar surface area (TPSA) is 166 Å². The molecule has 0 radical (unpaired) electrons. The lowest BCUT2D eigenvalue weighted by molar-refractivity contribution is -0.133. The second kappa shape index (κ2) is 20.3. The fourth-order valence-electron chi connectivity index (χ4n) is 7.88. The summed E-state index contributed by atoms with van der Waals surface area (Å²) in [4.78, 5) is 56.5. The van der Waals surface area contributed by atoms with E-state index in [1.807, 2.05) is 13.8 Å². The first kappa shape index (κ1) is 41.5. The Balaban J connectivity index is 0.00000111. The summed E-state index contributed by atoms with van der Waals surface area (Å²) >= 11 is 0. The number of nitrogens with zero attached hydrogens (tertiary/aromatic N) is 3. The van der Waals surface area contributed by atoms with Gasteiger partial charge in [0.05, 0.1) is 17.8 Å². The maximum Gasteiger partial charge on any atom is 0.290 e. The van der Waals surface area contributed by atoms with Crippen molar-refractivity contribution < 1.29 is 37.7 Å². The predicted molar refractivity (Wildman–Crippen MR) is 205 cm³/mol. The molecule has 0 bridgehead atoms. The number of aromatic nitrogens is 2. The summed E-state index contributed by atoms with van der Waals surface area (Å²) in [5.74, 6) is 0.235. The molecule has 0 aliphatic carbocycles. The van der Waals surface area contributed by atoms with Crippen LogP contribution in [0.5, 0.6) is 5.75 Å². The molecule has 4 aliphatic rings. The second-order valence-electron chi connectivity index (χ2n) is 14.3. The SMILES string of the molecule is CC.O=C1CCC(Nc2ccc(N3CCC(N4CCC(COc5cc(F)c6c(=O)[nH]c(CCC7CCOCC7)nc6c5)CC4)CC3)c(F)c2)C(=O)N1.O=CO. The molecule has 5 heterocycles. The number of hydrogen-bond acceptors (Lipinski definition) is 10. The van der Waals surface area contributed by atoms with Gasteiger partial charge >= 0.3 is 0 Å². The number of imide groups is 1. The van der Waals surface area contributed by atoms with Crippen LogP contribution in [-0.4, -0.2) is 96.3 Å². The highest BCUT2D eigenvalue weighted by Gasteiger charge is 2.30. The third-order valence-corrected chi connectivity index (χ3v) is 10.9. The minimum Gasteiger partial charge on any atom is -0.493 e. The van der Waals surface area contributed by atoms with Crippen LogP contribution in [0.15, 0.2) is 35.1 Å². The molecular formula is C40H54F2N6O7. The highest BCUT2D eigenvalue weighted by molar-refractivity contribution is 6.01. The lowest BCUT2D eigenvalue weighted by Crippen LogP contribution is -2.48. The van der Waals surface area contributed by atoms with E-state index in [9.17, 15) is 14.4 Å². The van der Waals surface area contributed by atoms with Gasteiger partial charge in [-0.05, 0) is 94.5 Å². The Morgan fingerprint density at radius 2 is 1.65 bits per heavy atom. The number of carbonyl (C=O) groups excluding carboxylic acids is 2. The van der Waals surface area contributed by atoms with Gasteiger partial charge in [-0.15, -0.1) is 0 Å². The van der Waals surface area contributed by atoms with Crippen LogP contribution >= 0.6 is 0 Å². The van der Waals surface area contributed by atoms with Gasteiger partial charge in [-0.2, -0.15) is 0 Å². The number of fused-ring (bicyclic) bond motifs is 1. The van der Waals surface area contributed by atoms with E-state index in [1.165, 1.54) is 12.1 Å². The third-order valence-electron chi connectivity index (χ3n) is 10.9. The van der Waals surface area contributed by atoms with Crippen molar-refractivity contribution in [3.05, 3.63) is 58.1 Å². The zero-order chi connectivity index (χ0) is 39.3. The molecule has 4 aliphatic heterocycles. The molecule has 300 valence electrons. The average Bonchev–Trinajstić information content (AvgIpc) is 3.19. The monoisotopic (exact) mass is 768 g/mol. The normalized spacial score (nSPS) is 20.1. The fourth-order valence-corrected chi connectivity index (χ4v) is 7.88. The summed E-state index contributed by atoms with van der Waals surface area (Å²) in [6.07, 6.45) is 8.04. The van der Waals surface area contributed by atoms with Crippen molar-refractivity contribution in [3.8, 4) is 5.75 Å². The summed E-state index contributed by atoms with van der Waals surface area (Å²) < 4.78 is 41.7. The minimum atomic E-state index is -0.622. The van der Waals surface area contributed by atoms with E-state index >= 15 is 8.78 Å². The summed E-state index contributed by atoms with van der Waals surface area (Å²) in [6.45, 7) is 9.18. The number of piperidine rings is 3. The van der Waals surface area contributed by atoms with E-state index in [2.05, 4.69) is 30.4 Å². The molecule has 1 unspecified atom stereocenters. The maximum atomic E-state index is 15.2. The summed E-state index contributed by atoms with van der Waals surface area (Å²) in [5.41, 5.74) is 0.948. The quantitative estimate of drug-likeness (QED) is 0.157. The lowest BCUT2D eigenvalue weighted by Gasteiger charge is -2.42. The molecule has 2 amide bonds. The Morgan fingerprint density at radius 1 is 0.945 bits per heavy atom.